The number of hydrogen-bond donors (Lipinski definition) is 1. The SMILES string of the molecule is C=C(CN)N1CCCC(CCC(C)C)C1. The first-order valence-corrected chi connectivity index (χ1v) is 6.26. The zero-order valence-corrected chi connectivity index (χ0v) is 10.3. The summed E-state index contributed by atoms with van der Waals surface area (Å²) in [5.41, 5.74) is 6.74. The first kappa shape index (κ1) is 12.6. The van der Waals surface area contributed by atoms with Gasteiger partial charge in [-0.1, -0.05) is 26.8 Å². The molecule has 0 aliphatic carbocycles. The third kappa shape index (κ3) is 4.25. The smallest absolute Gasteiger partial charge is 0.0324 e. The lowest BCUT2D eigenvalue weighted by molar-refractivity contribution is 0.201. The molecule has 2 heteroatoms. The fourth-order valence-electron chi connectivity index (χ4n) is 2.29. The topological polar surface area (TPSA) is 29.3 Å². The van der Waals surface area contributed by atoms with Crippen molar-refractivity contribution in [1.82, 2.24) is 4.90 Å². The summed E-state index contributed by atoms with van der Waals surface area (Å²) in [5, 5.41) is 0. The van der Waals surface area contributed by atoms with Crippen molar-refractivity contribution >= 4 is 0 Å². The van der Waals surface area contributed by atoms with Crippen LogP contribution in [-0.4, -0.2) is 24.5 Å². The number of likely N-dealkylation sites (tertiary alicyclic amines) is 1. The Balaban J connectivity index is 2.32. The first-order valence-electron chi connectivity index (χ1n) is 6.26. The number of rotatable bonds is 5. The molecule has 0 aromatic carbocycles. The van der Waals surface area contributed by atoms with E-state index in [4.69, 9.17) is 5.73 Å². The molecule has 1 saturated heterocycles. The highest BCUT2D eigenvalue weighted by atomic mass is 15.1. The van der Waals surface area contributed by atoms with Crippen LogP contribution >= 0.6 is 0 Å². The molecule has 0 saturated carbocycles. The van der Waals surface area contributed by atoms with E-state index < -0.39 is 0 Å². The summed E-state index contributed by atoms with van der Waals surface area (Å²) >= 11 is 0. The minimum atomic E-state index is 0.608. The lowest BCUT2D eigenvalue weighted by Gasteiger charge is -2.35. The molecule has 0 aromatic rings. The number of nitrogens with zero attached hydrogens (tertiary/aromatic N) is 1. The van der Waals surface area contributed by atoms with Gasteiger partial charge in [0.05, 0.1) is 0 Å². The largest absolute Gasteiger partial charge is 0.374 e. The number of piperidine rings is 1. The van der Waals surface area contributed by atoms with Crippen LogP contribution in [0.5, 0.6) is 0 Å². The Morgan fingerprint density at radius 2 is 2.27 bits per heavy atom. The van der Waals surface area contributed by atoms with E-state index in [1.54, 1.807) is 0 Å². The summed E-state index contributed by atoms with van der Waals surface area (Å²) in [5.74, 6) is 1.70. The van der Waals surface area contributed by atoms with E-state index in [-0.39, 0.29) is 0 Å². The van der Waals surface area contributed by atoms with Crippen molar-refractivity contribution < 1.29 is 0 Å². The van der Waals surface area contributed by atoms with Crippen LogP contribution in [0.1, 0.15) is 39.5 Å². The quantitative estimate of drug-likeness (QED) is 0.756. The van der Waals surface area contributed by atoms with Gasteiger partial charge >= 0.3 is 0 Å². The lowest BCUT2D eigenvalue weighted by atomic mass is 9.90. The van der Waals surface area contributed by atoms with Gasteiger partial charge in [0.1, 0.15) is 0 Å². The summed E-state index contributed by atoms with van der Waals surface area (Å²) in [6, 6.07) is 0. The second-order valence-electron chi connectivity index (χ2n) is 5.20. The van der Waals surface area contributed by atoms with E-state index in [0.29, 0.717) is 6.54 Å². The summed E-state index contributed by atoms with van der Waals surface area (Å²) in [4.78, 5) is 2.38. The highest BCUT2D eigenvalue weighted by Crippen LogP contribution is 2.24. The second kappa shape index (κ2) is 6.16. The van der Waals surface area contributed by atoms with Crippen molar-refractivity contribution in [2.75, 3.05) is 19.6 Å². The van der Waals surface area contributed by atoms with Crippen LogP contribution in [-0.2, 0) is 0 Å². The van der Waals surface area contributed by atoms with E-state index in [1.807, 2.05) is 0 Å². The molecular formula is C13H26N2. The van der Waals surface area contributed by atoms with Crippen molar-refractivity contribution in [3.8, 4) is 0 Å². The third-order valence-corrected chi connectivity index (χ3v) is 3.35. The van der Waals surface area contributed by atoms with E-state index in [9.17, 15) is 0 Å². The lowest BCUT2D eigenvalue weighted by Crippen LogP contribution is -2.36. The predicted octanol–water partition coefficient (Wildman–Crippen LogP) is 2.61. The van der Waals surface area contributed by atoms with Gasteiger partial charge in [-0.2, -0.15) is 0 Å². The van der Waals surface area contributed by atoms with Gasteiger partial charge in [-0.05, 0) is 31.1 Å². The van der Waals surface area contributed by atoms with Gasteiger partial charge in [-0.15, -0.1) is 0 Å². The zero-order valence-electron chi connectivity index (χ0n) is 10.3. The highest BCUT2D eigenvalue weighted by molar-refractivity contribution is 4.97. The molecule has 15 heavy (non-hydrogen) atoms. The minimum Gasteiger partial charge on any atom is -0.374 e. The Morgan fingerprint density at radius 3 is 2.87 bits per heavy atom. The molecule has 1 unspecified atom stereocenters. The highest BCUT2D eigenvalue weighted by Gasteiger charge is 2.20. The fraction of sp³-hybridized carbons (Fsp3) is 0.846. The van der Waals surface area contributed by atoms with Gasteiger partial charge < -0.3 is 10.6 Å². The third-order valence-electron chi connectivity index (χ3n) is 3.35. The second-order valence-corrected chi connectivity index (χ2v) is 5.20. The Labute approximate surface area is 94.5 Å². The van der Waals surface area contributed by atoms with Gasteiger partial charge in [-0.3, -0.25) is 0 Å². The van der Waals surface area contributed by atoms with E-state index in [0.717, 1.165) is 24.1 Å². The average molecular weight is 210 g/mol. The van der Waals surface area contributed by atoms with Crippen molar-refractivity contribution in [3.05, 3.63) is 12.3 Å². The Kier molecular flexibility index (Phi) is 5.16. The van der Waals surface area contributed by atoms with Crippen molar-refractivity contribution in [2.24, 2.45) is 17.6 Å². The fourth-order valence-corrected chi connectivity index (χ4v) is 2.29. The van der Waals surface area contributed by atoms with Gasteiger partial charge in [0.15, 0.2) is 0 Å². The van der Waals surface area contributed by atoms with Crippen LogP contribution in [0.2, 0.25) is 0 Å². The molecule has 1 fully saturated rings. The molecule has 0 bridgehead atoms. The molecule has 2 N–H and O–H groups in total. The molecule has 1 atom stereocenters. The summed E-state index contributed by atoms with van der Waals surface area (Å²) in [6.45, 7) is 11.6. The monoisotopic (exact) mass is 210 g/mol. The average Bonchev–Trinajstić information content (AvgIpc) is 2.25. The van der Waals surface area contributed by atoms with E-state index in [2.05, 4.69) is 25.3 Å². The van der Waals surface area contributed by atoms with Crippen LogP contribution in [0.4, 0.5) is 0 Å². The van der Waals surface area contributed by atoms with Gasteiger partial charge in [0, 0.05) is 25.3 Å². The van der Waals surface area contributed by atoms with E-state index in [1.165, 1.54) is 32.2 Å². The van der Waals surface area contributed by atoms with Crippen LogP contribution < -0.4 is 5.73 Å². The summed E-state index contributed by atoms with van der Waals surface area (Å²) in [6.07, 6.45) is 5.42. The van der Waals surface area contributed by atoms with Crippen LogP contribution in [0.3, 0.4) is 0 Å². The van der Waals surface area contributed by atoms with Crippen LogP contribution in [0.25, 0.3) is 0 Å². The zero-order chi connectivity index (χ0) is 11.3. The molecule has 0 radical (unpaired) electrons. The maximum absolute atomic E-state index is 5.63. The number of nitrogens with two attached hydrogens (primary N) is 1. The maximum Gasteiger partial charge on any atom is 0.0324 e. The Morgan fingerprint density at radius 1 is 1.53 bits per heavy atom. The molecule has 1 aliphatic heterocycles. The molecule has 0 spiro atoms. The van der Waals surface area contributed by atoms with Crippen LogP contribution in [0, 0.1) is 11.8 Å². The molecule has 0 amide bonds. The van der Waals surface area contributed by atoms with Crippen molar-refractivity contribution in [1.29, 1.82) is 0 Å². The minimum absolute atomic E-state index is 0.608. The van der Waals surface area contributed by atoms with E-state index >= 15 is 0 Å². The van der Waals surface area contributed by atoms with Gasteiger partial charge in [-0.25, -0.2) is 0 Å². The Bertz CT molecular complexity index is 199. The standard InChI is InChI=1S/C13H26N2/c1-11(2)6-7-13-5-4-8-15(10-13)12(3)9-14/h11,13H,3-10,14H2,1-2H3. The first-order chi connectivity index (χ1) is 7.13. The molecular weight excluding hydrogens is 184 g/mol. The molecule has 88 valence electrons. The number of hydrogen-bond acceptors (Lipinski definition) is 2. The van der Waals surface area contributed by atoms with Gasteiger partial charge in [0.2, 0.25) is 0 Å². The molecule has 0 aromatic heterocycles. The predicted molar refractivity (Wildman–Crippen MR) is 66.6 cm³/mol. The normalized spacial score (nSPS) is 22.1. The Hall–Kier alpha value is -0.500. The van der Waals surface area contributed by atoms with Crippen molar-refractivity contribution in [2.45, 2.75) is 39.5 Å². The molecule has 1 heterocycles. The van der Waals surface area contributed by atoms with Gasteiger partial charge in [0.25, 0.3) is 0 Å². The molecule has 1 aliphatic rings. The summed E-state index contributed by atoms with van der Waals surface area (Å²) < 4.78 is 0. The van der Waals surface area contributed by atoms with Crippen molar-refractivity contribution in [3.63, 3.8) is 0 Å². The van der Waals surface area contributed by atoms with Crippen LogP contribution in [0.15, 0.2) is 12.3 Å². The summed E-state index contributed by atoms with van der Waals surface area (Å²) in [7, 11) is 0. The molecule has 2 nitrogen and oxygen atoms in total. The maximum atomic E-state index is 5.63. The molecule has 1 rings (SSSR count).